The molecule has 0 saturated heterocycles. The predicted octanol–water partition coefficient (Wildman–Crippen LogP) is 5.61. The topological polar surface area (TPSA) is 70.4 Å². The van der Waals surface area contributed by atoms with Crippen molar-refractivity contribution < 1.29 is 46.0 Å². The third-order valence-corrected chi connectivity index (χ3v) is 9.40. The van der Waals surface area contributed by atoms with E-state index in [4.69, 9.17) is 16.6 Å². The number of nitrogens with zero attached hydrogens (tertiary/aromatic N) is 1. The second-order valence-electron chi connectivity index (χ2n) is 11.3. The maximum Gasteiger partial charge on any atom is 1.00 e. The second kappa shape index (κ2) is 15.1. The molecule has 7 heteroatoms. The molecule has 3 aromatic carbocycles. The number of aliphatic carboxylic acids is 1. The van der Waals surface area contributed by atoms with Gasteiger partial charge in [-0.15, -0.1) is 0 Å². The Bertz CT molecular complexity index is 1560. The van der Waals surface area contributed by atoms with Crippen LogP contribution >= 0.6 is 23.4 Å². The van der Waals surface area contributed by atoms with Crippen LogP contribution in [0.2, 0.25) is 5.02 Å². The number of aliphatic hydroxyl groups excluding tert-OH is 1. The van der Waals surface area contributed by atoms with Crippen molar-refractivity contribution in [3.63, 3.8) is 0 Å². The molecule has 0 amide bonds. The summed E-state index contributed by atoms with van der Waals surface area (Å²) in [5.41, 5.74) is 6.48. The van der Waals surface area contributed by atoms with Gasteiger partial charge in [-0.25, -0.2) is 4.98 Å². The molecule has 1 saturated carbocycles. The van der Waals surface area contributed by atoms with Crippen molar-refractivity contribution in [1.29, 1.82) is 0 Å². The van der Waals surface area contributed by atoms with Crippen LogP contribution in [-0.4, -0.2) is 38.8 Å². The van der Waals surface area contributed by atoms with Crippen LogP contribution in [-0.2, 0) is 11.2 Å². The zero-order chi connectivity index (χ0) is 28.8. The third kappa shape index (κ3) is 8.95. The maximum absolute atomic E-state index is 11.3. The summed E-state index contributed by atoms with van der Waals surface area (Å²) < 4.78 is 0. The maximum atomic E-state index is 11.3. The molecule has 1 unspecified atom stereocenters. The average Bonchev–Trinajstić information content (AvgIpc) is 3.70. The van der Waals surface area contributed by atoms with E-state index in [2.05, 4.69) is 54.6 Å². The van der Waals surface area contributed by atoms with Crippen LogP contribution in [0.4, 0.5) is 0 Å². The number of pyridine rings is 1. The van der Waals surface area contributed by atoms with Crippen LogP contribution in [0.15, 0.2) is 78.9 Å². The molecule has 5 rings (SSSR count). The van der Waals surface area contributed by atoms with Gasteiger partial charge in [0.25, 0.3) is 0 Å². The SMILES string of the molecule is CC(O)Cc1ccccc1[C@H](CCSCC1(CC(=O)O)CC1)c1cccc(C=Cc2ccc3ccc(Cl)cc3n2)c1.[H-].[Na+]. The summed E-state index contributed by atoms with van der Waals surface area (Å²) in [5, 5.41) is 21.2. The van der Waals surface area contributed by atoms with Crippen molar-refractivity contribution in [3.8, 4) is 0 Å². The van der Waals surface area contributed by atoms with Crippen LogP contribution in [0.25, 0.3) is 23.1 Å². The Balaban J connectivity index is 0.00000253. The normalized spacial score (nSPS) is 15.3. The quantitative estimate of drug-likeness (QED) is 0.152. The molecule has 2 atom stereocenters. The van der Waals surface area contributed by atoms with E-state index in [1.54, 1.807) is 0 Å². The molecule has 1 aliphatic carbocycles. The van der Waals surface area contributed by atoms with Crippen molar-refractivity contribution in [2.45, 2.75) is 51.0 Å². The monoisotopic (exact) mass is 609 g/mol. The summed E-state index contributed by atoms with van der Waals surface area (Å²) in [5.74, 6) is 1.31. The minimum atomic E-state index is -0.694. The molecular weight excluding hydrogens is 573 g/mol. The van der Waals surface area contributed by atoms with E-state index in [1.165, 1.54) is 16.7 Å². The number of halogens is 1. The first kappa shape index (κ1) is 32.8. The number of aromatic nitrogens is 1. The Hall–Kier alpha value is -2.12. The van der Waals surface area contributed by atoms with Gasteiger partial charge in [-0.2, -0.15) is 11.8 Å². The van der Waals surface area contributed by atoms with Gasteiger partial charge in [0.05, 0.1) is 23.7 Å². The van der Waals surface area contributed by atoms with Gasteiger partial charge in [0, 0.05) is 16.3 Å². The first-order valence-electron chi connectivity index (χ1n) is 14.2. The zero-order valence-electron chi connectivity index (χ0n) is 25.3. The van der Waals surface area contributed by atoms with Gasteiger partial charge in [-0.3, -0.25) is 4.79 Å². The summed E-state index contributed by atoms with van der Waals surface area (Å²) in [7, 11) is 0. The molecule has 1 aromatic heterocycles. The summed E-state index contributed by atoms with van der Waals surface area (Å²) in [4.78, 5) is 16.0. The van der Waals surface area contributed by atoms with Gasteiger partial charge in [-0.05, 0) is 96.1 Å². The number of rotatable bonds is 13. The molecule has 1 fully saturated rings. The molecule has 2 N–H and O–H groups in total. The number of hydrogen-bond donors (Lipinski definition) is 2. The van der Waals surface area contributed by atoms with E-state index in [0.717, 1.165) is 52.9 Å². The van der Waals surface area contributed by atoms with E-state index in [1.807, 2.05) is 55.1 Å². The summed E-state index contributed by atoms with van der Waals surface area (Å²) in [6.07, 6.45) is 7.55. The first-order chi connectivity index (χ1) is 19.8. The molecule has 1 heterocycles. The van der Waals surface area contributed by atoms with Crippen LogP contribution in [0.1, 0.15) is 67.9 Å². The number of carbonyl (C=O) groups is 1. The van der Waals surface area contributed by atoms with Crippen LogP contribution in [0.5, 0.6) is 0 Å². The fourth-order valence-corrected chi connectivity index (χ4v) is 7.04. The van der Waals surface area contributed by atoms with E-state index in [9.17, 15) is 15.0 Å². The summed E-state index contributed by atoms with van der Waals surface area (Å²) >= 11 is 8.05. The molecule has 0 spiro atoms. The van der Waals surface area contributed by atoms with Gasteiger partial charge < -0.3 is 11.6 Å². The van der Waals surface area contributed by atoms with E-state index in [0.29, 0.717) is 11.4 Å². The Morgan fingerprint density at radius 3 is 2.62 bits per heavy atom. The number of thioether (sulfide) groups is 1. The molecule has 42 heavy (non-hydrogen) atoms. The van der Waals surface area contributed by atoms with Crippen molar-refractivity contribution in [2.24, 2.45) is 5.41 Å². The molecule has 4 nitrogen and oxygen atoms in total. The van der Waals surface area contributed by atoms with Crippen LogP contribution in [0, 0.1) is 5.41 Å². The van der Waals surface area contributed by atoms with Gasteiger partial charge in [0.2, 0.25) is 0 Å². The smallest absolute Gasteiger partial charge is 1.00 e. The molecule has 1 aliphatic rings. The number of aliphatic hydroxyl groups is 1. The number of hydrogen-bond acceptors (Lipinski definition) is 4. The predicted molar refractivity (Wildman–Crippen MR) is 173 cm³/mol. The van der Waals surface area contributed by atoms with Gasteiger partial charge in [0.15, 0.2) is 0 Å². The van der Waals surface area contributed by atoms with E-state index in [-0.39, 0.29) is 48.7 Å². The Kier molecular flexibility index (Phi) is 11.8. The molecule has 0 radical (unpaired) electrons. The minimum absolute atomic E-state index is 0. The molecule has 0 aliphatic heterocycles. The number of carboxylic acids is 1. The summed E-state index contributed by atoms with van der Waals surface area (Å²) in [6.45, 7) is 1.83. The van der Waals surface area contributed by atoms with Crippen molar-refractivity contribution in [3.05, 3.63) is 112 Å². The Labute approximate surface area is 281 Å². The van der Waals surface area contributed by atoms with Crippen LogP contribution < -0.4 is 29.6 Å². The zero-order valence-corrected chi connectivity index (χ0v) is 27.9. The third-order valence-electron chi connectivity index (χ3n) is 7.82. The van der Waals surface area contributed by atoms with E-state index < -0.39 is 12.1 Å². The number of carboxylic acid groups (broad SMARTS) is 1. The molecule has 214 valence electrons. The molecular formula is C35H37ClNNaO3S. The first-order valence-corrected chi connectivity index (χ1v) is 15.7. The van der Waals surface area contributed by atoms with Gasteiger partial charge >= 0.3 is 35.5 Å². The fraction of sp³-hybridized carbons (Fsp3) is 0.314. The van der Waals surface area contributed by atoms with Gasteiger partial charge in [0.1, 0.15) is 0 Å². The average molecular weight is 610 g/mol. The van der Waals surface area contributed by atoms with Crippen LogP contribution in [0.3, 0.4) is 0 Å². The fourth-order valence-electron chi connectivity index (χ4n) is 5.50. The van der Waals surface area contributed by atoms with Crippen molar-refractivity contribution in [1.82, 2.24) is 4.98 Å². The Morgan fingerprint density at radius 2 is 1.86 bits per heavy atom. The Morgan fingerprint density at radius 1 is 1.07 bits per heavy atom. The largest absolute Gasteiger partial charge is 1.00 e. The standard InChI is InChI=1S/C35H36ClNO3S.Na.H/c1-24(38)19-27-6-2-3-8-31(27)32(15-18-41-23-35(16-17-35)22-34(39)40)28-7-4-5-25(20-28)9-13-30-14-11-26-10-12-29(36)21-33(26)37-30;;/h2-14,20-21,24,32,38H,15-19,22-23H2,1H3,(H,39,40);;/q;+1;-1/t24?,32-;;/m1../s1. The summed E-state index contributed by atoms with van der Waals surface area (Å²) in [6, 6.07) is 26.9. The second-order valence-corrected chi connectivity index (χ2v) is 12.8. The van der Waals surface area contributed by atoms with Crippen molar-refractivity contribution in [2.75, 3.05) is 11.5 Å². The number of fused-ring (bicyclic) bond motifs is 1. The van der Waals surface area contributed by atoms with E-state index >= 15 is 0 Å². The van der Waals surface area contributed by atoms with Gasteiger partial charge in [-0.1, -0.05) is 78.3 Å². The van der Waals surface area contributed by atoms with Crippen molar-refractivity contribution >= 4 is 52.4 Å². The minimum Gasteiger partial charge on any atom is -1.00 e. The molecule has 0 bridgehead atoms. The number of benzene rings is 3. The molecule has 4 aromatic rings.